The molecule has 4 rings (SSSR count). The first-order valence-corrected chi connectivity index (χ1v) is 8.58. The van der Waals surface area contributed by atoms with E-state index in [4.69, 9.17) is 0 Å². The molecule has 1 aromatic heterocycles. The van der Waals surface area contributed by atoms with Crippen molar-refractivity contribution in [2.45, 2.75) is 36.6 Å². The van der Waals surface area contributed by atoms with Gasteiger partial charge < -0.3 is 0 Å². The lowest BCUT2D eigenvalue weighted by Crippen LogP contribution is -2.19. The van der Waals surface area contributed by atoms with Crippen LogP contribution in [0, 0.1) is 5.82 Å². The zero-order chi connectivity index (χ0) is 15.9. The molecule has 1 aliphatic carbocycles. The highest BCUT2D eigenvalue weighted by molar-refractivity contribution is 7.97. The summed E-state index contributed by atoms with van der Waals surface area (Å²) in [5.41, 5.74) is 3.40. The first-order valence-electron chi connectivity index (χ1n) is 7.77. The van der Waals surface area contributed by atoms with Crippen LogP contribution in [0.2, 0.25) is 0 Å². The fourth-order valence-corrected chi connectivity index (χ4v) is 3.40. The van der Waals surface area contributed by atoms with Crippen molar-refractivity contribution in [3.8, 4) is 0 Å². The summed E-state index contributed by atoms with van der Waals surface area (Å²) in [6, 6.07) is 12.9. The number of aromatic amines is 1. The quantitative estimate of drug-likeness (QED) is 0.681. The summed E-state index contributed by atoms with van der Waals surface area (Å²) >= 11 is 1.67. The number of hydrogen-bond acceptors (Lipinski definition) is 3. The molecule has 2 N–H and O–H groups in total. The highest BCUT2D eigenvalue weighted by Gasteiger charge is 2.37. The van der Waals surface area contributed by atoms with E-state index in [1.54, 1.807) is 11.9 Å². The monoisotopic (exact) mass is 327 g/mol. The third-order valence-corrected chi connectivity index (χ3v) is 5.40. The Hall–Kier alpha value is -1.85. The van der Waals surface area contributed by atoms with Gasteiger partial charge in [0.2, 0.25) is 0 Å². The standard InChI is InChI=1S/C18H18FN3S/c1-18(8-9-18)22-23-14-6-7-15-16(20-21-17(15)11-14)10-12-2-4-13(19)5-3-12/h2-7,11,22H,8-10H2,1H3,(H,20,21). The summed E-state index contributed by atoms with van der Waals surface area (Å²) in [5.74, 6) is -0.207. The molecule has 23 heavy (non-hydrogen) atoms. The normalized spacial score (nSPS) is 15.9. The highest BCUT2D eigenvalue weighted by Crippen LogP contribution is 2.37. The molecule has 5 heteroatoms. The van der Waals surface area contributed by atoms with Crippen molar-refractivity contribution in [2.24, 2.45) is 0 Å². The zero-order valence-electron chi connectivity index (χ0n) is 12.9. The molecule has 1 heterocycles. The Labute approximate surface area is 138 Å². The molecule has 0 aliphatic heterocycles. The molecular weight excluding hydrogens is 309 g/mol. The van der Waals surface area contributed by atoms with Crippen molar-refractivity contribution < 1.29 is 4.39 Å². The molecule has 0 unspecified atom stereocenters. The second kappa shape index (κ2) is 5.65. The fourth-order valence-electron chi connectivity index (χ4n) is 2.52. The number of fused-ring (bicyclic) bond motifs is 1. The third-order valence-electron chi connectivity index (χ3n) is 4.32. The smallest absolute Gasteiger partial charge is 0.123 e. The maximum absolute atomic E-state index is 13.0. The van der Waals surface area contributed by atoms with Gasteiger partial charge in [-0.3, -0.25) is 9.82 Å². The Bertz CT molecular complexity index is 837. The van der Waals surface area contributed by atoms with Crippen molar-refractivity contribution in [1.29, 1.82) is 0 Å². The van der Waals surface area contributed by atoms with Gasteiger partial charge in [-0.1, -0.05) is 12.1 Å². The Balaban J connectivity index is 1.53. The largest absolute Gasteiger partial charge is 0.281 e. The first-order chi connectivity index (χ1) is 11.1. The van der Waals surface area contributed by atoms with Crippen LogP contribution < -0.4 is 4.72 Å². The maximum Gasteiger partial charge on any atom is 0.123 e. The van der Waals surface area contributed by atoms with Crippen LogP contribution in [0.25, 0.3) is 10.9 Å². The van der Waals surface area contributed by atoms with Crippen molar-refractivity contribution in [2.75, 3.05) is 0 Å². The van der Waals surface area contributed by atoms with Gasteiger partial charge in [-0.15, -0.1) is 0 Å². The molecule has 0 saturated heterocycles. The van der Waals surface area contributed by atoms with Gasteiger partial charge in [-0.05, 0) is 67.6 Å². The van der Waals surface area contributed by atoms with Gasteiger partial charge in [-0.25, -0.2) is 4.39 Å². The van der Waals surface area contributed by atoms with Crippen LogP contribution in [0.15, 0.2) is 47.4 Å². The van der Waals surface area contributed by atoms with Crippen LogP contribution in [0.1, 0.15) is 31.0 Å². The molecule has 2 aromatic carbocycles. The second-order valence-electron chi connectivity index (χ2n) is 6.45. The molecule has 118 valence electrons. The minimum atomic E-state index is -0.207. The summed E-state index contributed by atoms with van der Waals surface area (Å²) < 4.78 is 16.5. The number of H-pyrrole nitrogens is 1. The number of nitrogens with zero attached hydrogens (tertiary/aromatic N) is 1. The molecule has 0 atom stereocenters. The average Bonchev–Trinajstić information content (AvgIpc) is 3.17. The first kappa shape index (κ1) is 14.7. The summed E-state index contributed by atoms with van der Waals surface area (Å²) in [6.07, 6.45) is 3.21. The zero-order valence-corrected chi connectivity index (χ0v) is 13.7. The molecule has 3 aromatic rings. The van der Waals surface area contributed by atoms with Crippen molar-refractivity contribution in [3.63, 3.8) is 0 Å². The molecule has 0 radical (unpaired) electrons. The average molecular weight is 327 g/mol. The van der Waals surface area contributed by atoms with E-state index >= 15 is 0 Å². The lowest BCUT2D eigenvalue weighted by molar-refractivity contribution is 0.627. The van der Waals surface area contributed by atoms with Crippen molar-refractivity contribution in [3.05, 3.63) is 59.5 Å². The molecule has 1 saturated carbocycles. The molecule has 1 aliphatic rings. The summed E-state index contributed by atoms with van der Waals surface area (Å²) in [4.78, 5) is 1.17. The lowest BCUT2D eigenvalue weighted by Gasteiger charge is -2.09. The van der Waals surface area contributed by atoms with E-state index in [2.05, 4.69) is 40.0 Å². The summed E-state index contributed by atoms with van der Waals surface area (Å²) in [5, 5.41) is 8.65. The minimum absolute atomic E-state index is 0.207. The summed E-state index contributed by atoms with van der Waals surface area (Å²) in [7, 11) is 0. The maximum atomic E-state index is 13.0. The van der Waals surface area contributed by atoms with Crippen LogP contribution in [0.5, 0.6) is 0 Å². The SMILES string of the molecule is CC1(NSc2ccc3c(Cc4ccc(F)cc4)[nH]nc3c2)CC1. The number of nitrogens with one attached hydrogen (secondary N) is 2. The van der Waals surface area contributed by atoms with Crippen LogP contribution in [0.3, 0.4) is 0 Å². The third kappa shape index (κ3) is 3.26. The lowest BCUT2D eigenvalue weighted by atomic mass is 10.1. The van der Waals surface area contributed by atoms with Crippen molar-refractivity contribution >= 4 is 22.9 Å². The predicted octanol–water partition coefficient (Wildman–Crippen LogP) is 4.44. The van der Waals surface area contributed by atoms with Gasteiger partial charge in [0.1, 0.15) is 5.82 Å². The molecule has 0 amide bonds. The van der Waals surface area contributed by atoms with Crippen LogP contribution in [-0.2, 0) is 6.42 Å². The van der Waals surface area contributed by atoms with Gasteiger partial charge in [-0.2, -0.15) is 5.10 Å². The number of aromatic nitrogens is 2. The predicted molar refractivity (Wildman–Crippen MR) is 91.9 cm³/mol. The number of halogens is 1. The number of rotatable bonds is 5. The van der Waals surface area contributed by atoms with E-state index in [9.17, 15) is 4.39 Å². The second-order valence-corrected chi connectivity index (χ2v) is 7.33. The minimum Gasteiger partial charge on any atom is -0.281 e. The van der Waals surface area contributed by atoms with Gasteiger partial charge in [0.25, 0.3) is 0 Å². The van der Waals surface area contributed by atoms with Gasteiger partial charge in [0.05, 0.1) is 5.52 Å². The molecular formula is C18H18FN3S. The van der Waals surface area contributed by atoms with E-state index in [0.29, 0.717) is 5.54 Å². The molecule has 1 fully saturated rings. The van der Waals surface area contributed by atoms with Crippen molar-refractivity contribution in [1.82, 2.24) is 14.9 Å². The molecule has 3 nitrogen and oxygen atoms in total. The van der Waals surface area contributed by atoms with E-state index < -0.39 is 0 Å². The highest BCUT2D eigenvalue weighted by atomic mass is 32.2. The van der Waals surface area contributed by atoms with Gasteiger partial charge >= 0.3 is 0 Å². The fraction of sp³-hybridized carbons (Fsp3) is 0.278. The van der Waals surface area contributed by atoms with Crippen LogP contribution in [0.4, 0.5) is 4.39 Å². The van der Waals surface area contributed by atoms with E-state index in [0.717, 1.165) is 28.6 Å². The summed E-state index contributed by atoms with van der Waals surface area (Å²) in [6.45, 7) is 2.24. The van der Waals surface area contributed by atoms with E-state index in [-0.39, 0.29) is 5.82 Å². The van der Waals surface area contributed by atoms with Gasteiger partial charge in [0, 0.05) is 27.9 Å². The van der Waals surface area contributed by atoms with Crippen LogP contribution in [-0.4, -0.2) is 15.7 Å². The van der Waals surface area contributed by atoms with Crippen LogP contribution >= 0.6 is 11.9 Å². The molecule has 0 bridgehead atoms. The van der Waals surface area contributed by atoms with E-state index in [1.165, 1.54) is 29.9 Å². The Morgan fingerprint density at radius 3 is 2.74 bits per heavy atom. The Morgan fingerprint density at radius 1 is 1.22 bits per heavy atom. The van der Waals surface area contributed by atoms with E-state index in [1.807, 2.05) is 12.1 Å². The molecule has 0 spiro atoms. The van der Waals surface area contributed by atoms with Gasteiger partial charge in [0.15, 0.2) is 0 Å². The number of benzene rings is 2. The topological polar surface area (TPSA) is 40.7 Å². The Morgan fingerprint density at radius 2 is 2.00 bits per heavy atom. The number of hydrogen-bond donors (Lipinski definition) is 2. The Kier molecular flexibility index (Phi) is 3.62.